The molecule has 0 radical (unpaired) electrons. The van der Waals surface area contributed by atoms with Crippen LogP contribution < -0.4 is 5.32 Å². The highest BCUT2D eigenvalue weighted by Gasteiger charge is 2.27. The fraction of sp³-hybridized carbons (Fsp3) is 0.375. The number of carbonyl (C=O) groups excluding carboxylic acids is 1. The molecule has 2 aromatic carbocycles. The molecule has 1 N–H and O–H groups in total. The summed E-state index contributed by atoms with van der Waals surface area (Å²) in [6, 6.07) is 18.5. The number of rotatable bonds is 11. The van der Waals surface area contributed by atoms with Gasteiger partial charge in [-0.2, -0.15) is 0 Å². The minimum Gasteiger partial charge on any atom is -0.386 e. The maximum atomic E-state index is 12.7. The molecule has 0 aliphatic rings. The van der Waals surface area contributed by atoms with E-state index in [4.69, 9.17) is 0 Å². The summed E-state index contributed by atoms with van der Waals surface area (Å²) in [5.41, 5.74) is 2.52. The minimum absolute atomic E-state index is 0.0932. The first-order valence-electron chi connectivity index (χ1n) is 10.1. The summed E-state index contributed by atoms with van der Waals surface area (Å²) in [5.74, 6) is -0.268. The Morgan fingerprint density at radius 2 is 1.62 bits per heavy atom. The number of aryl methyl sites for hydroxylation is 1. The number of ketones is 1. The highest BCUT2D eigenvalue weighted by atomic mass is 16.6. The quantitative estimate of drug-likeness (QED) is 0.250. The molecular weight excluding hydrogens is 364 g/mol. The zero-order chi connectivity index (χ0) is 21.2. The summed E-state index contributed by atoms with van der Waals surface area (Å²) < 4.78 is 0. The van der Waals surface area contributed by atoms with Gasteiger partial charge in [-0.05, 0) is 38.7 Å². The average molecular weight is 395 g/mol. The molecule has 5 nitrogen and oxygen atoms in total. The van der Waals surface area contributed by atoms with Crippen LogP contribution >= 0.6 is 0 Å². The van der Waals surface area contributed by atoms with Crippen molar-refractivity contribution >= 4 is 5.78 Å². The molecule has 0 aliphatic heterocycles. The third-order valence-corrected chi connectivity index (χ3v) is 4.98. The Kier molecular flexibility index (Phi) is 8.59. The van der Waals surface area contributed by atoms with E-state index >= 15 is 0 Å². The molecule has 5 heteroatoms. The molecule has 0 bridgehead atoms. The first-order valence-corrected chi connectivity index (χ1v) is 10.1. The molecule has 0 aliphatic carbocycles. The van der Waals surface area contributed by atoms with Gasteiger partial charge in [0.25, 0.3) is 0 Å². The van der Waals surface area contributed by atoms with Crippen molar-refractivity contribution in [1.82, 2.24) is 5.32 Å². The van der Waals surface area contributed by atoms with Gasteiger partial charge >= 0.3 is 0 Å². The van der Waals surface area contributed by atoms with E-state index in [9.17, 15) is 14.9 Å². The van der Waals surface area contributed by atoms with Gasteiger partial charge in [0, 0.05) is 41.1 Å². The van der Waals surface area contributed by atoms with Crippen molar-refractivity contribution < 1.29 is 9.72 Å². The number of hydrogen-bond donors (Lipinski definition) is 1. The molecule has 2 aromatic rings. The summed E-state index contributed by atoms with van der Waals surface area (Å²) in [6.45, 7) is 5.65. The summed E-state index contributed by atoms with van der Waals surface area (Å²) >= 11 is 0. The van der Waals surface area contributed by atoms with Crippen molar-refractivity contribution in [1.29, 1.82) is 0 Å². The van der Waals surface area contributed by atoms with Crippen molar-refractivity contribution in [3.05, 3.63) is 93.7 Å². The highest BCUT2D eigenvalue weighted by molar-refractivity contribution is 6.04. The lowest BCUT2D eigenvalue weighted by Gasteiger charge is -2.22. The Hall–Kier alpha value is -2.95. The van der Waals surface area contributed by atoms with Gasteiger partial charge in [0.1, 0.15) is 0 Å². The third kappa shape index (κ3) is 7.53. The molecule has 154 valence electrons. The van der Waals surface area contributed by atoms with E-state index in [1.165, 1.54) is 0 Å². The van der Waals surface area contributed by atoms with Crippen LogP contribution in [0.3, 0.4) is 0 Å². The number of benzene rings is 2. The zero-order valence-electron chi connectivity index (χ0n) is 17.4. The molecule has 0 saturated carbocycles. The average Bonchev–Trinajstić information content (AvgIpc) is 2.71. The number of nitro groups is 1. The van der Waals surface area contributed by atoms with E-state index in [1.807, 2.05) is 62.4 Å². The maximum Gasteiger partial charge on any atom is 0.213 e. The Labute approximate surface area is 173 Å². The lowest BCUT2D eigenvalue weighted by Crippen LogP contribution is -2.31. The fourth-order valence-corrected chi connectivity index (χ4v) is 3.34. The van der Waals surface area contributed by atoms with Gasteiger partial charge in [-0.1, -0.05) is 60.7 Å². The van der Waals surface area contributed by atoms with E-state index in [0.717, 1.165) is 17.7 Å². The molecule has 2 rings (SSSR count). The topological polar surface area (TPSA) is 72.2 Å². The smallest absolute Gasteiger partial charge is 0.213 e. The second-order valence-electron chi connectivity index (χ2n) is 7.71. The number of nitrogens with one attached hydrogen (secondary N) is 1. The molecule has 0 heterocycles. The van der Waals surface area contributed by atoms with Crippen LogP contribution in [0, 0.1) is 16.0 Å². The van der Waals surface area contributed by atoms with Crippen molar-refractivity contribution in [2.75, 3.05) is 0 Å². The third-order valence-electron chi connectivity index (χ3n) is 4.98. The lowest BCUT2D eigenvalue weighted by molar-refractivity contribution is -0.527. The maximum absolute atomic E-state index is 12.7. The lowest BCUT2D eigenvalue weighted by atomic mass is 9.89. The van der Waals surface area contributed by atoms with Crippen molar-refractivity contribution in [2.45, 2.75) is 52.1 Å². The van der Waals surface area contributed by atoms with E-state index in [1.54, 1.807) is 25.1 Å². The van der Waals surface area contributed by atoms with Gasteiger partial charge in [0.2, 0.25) is 6.04 Å². The van der Waals surface area contributed by atoms with E-state index in [2.05, 4.69) is 5.32 Å². The van der Waals surface area contributed by atoms with Gasteiger partial charge in [0.15, 0.2) is 5.78 Å². The van der Waals surface area contributed by atoms with Crippen LogP contribution in [0.5, 0.6) is 0 Å². The van der Waals surface area contributed by atoms with Gasteiger partial charge in [-0.3, -0.25) is 14.9 Å². The van der Waals surface area contributed by atoms with Gasteiger partial charge in [0.05, 0.1) is 0 Å². The molecule has 0 spiro atoms. The van der Waals surface area contributed by atoms with Crippen molar-refractivity contribution in [3.8, 4) is 0 Å². The Bertz CT molecular complexity index is 817. The second kappa shape index (κ2) is 11.1. The highest BCUT2D eigenvalue weighted by Crippen LogP contribution is 2.23. The summed E-state index contributed by atoms with van der Waals surface area (Å²) in [6.07, 6.45) is 3.51. The van der Waals surface area contributed by atoms with E-state index in [-0.39, 0.29) is 22.7 Å². The van der Waals surface area contributed by atoms with Crippen LogP contribution in [0.15, 0.2) is 72.4 Å². The first kappa shape index (κ1) is 22.3. The summed E-state index contributed by atoms with van der Waals surface area (Å²) in [4.78, 5) is 23.9. The number of hydrogen-bond acceptors (Lipinski definition) is 4. The standard InChI is InChI=1S/C24H30N2O3/c1-18(2)25-23(17-24(27)21-12-8-5-9-13-21)16-22(19(3)26(28)29)15-14-20-10-6-4-7-11-20/h4-13,17-19,22,25H,14-16H2,1-3H3/b23-17-. The molecule has 29 heavy (non-hydrogen) atoms. The number of allylic oxidation sites excluding steroid dienone is 2. The predicted molar refractivity (Wildman–Crippen MR) is 116 cm³/mol. The van der Waals surface area contributed by atoms with Gasteiger partial charge in [-0.15, -0.1) is 0 Å². The summed E-state index contributed by atoms with van der Waals surface area (Å²) in [5, 5.41) is 14.8. The molecule has 2 unspecified atom stereocenters. The molecular formula is C24H30N2O3. The zero-order valence-corrected chi connectivity index (χ0v) is 17.4. The van der Waals surface area contributed by atoms with Crippen LogP contribution in [0.25, 0.3) is 0 Å². The minimum atomic E-state index is -0.692. The SMILES string of the molecule is CC(C)N/C(=C\C(=O)c1ccccc1)CC(CCc1ccccc1)C(C)[N+](=O)[O-]. The normalized spacial score (nSPS) is 13.7. The first-order chi connectivity index (χ1) is 13.9. The molecule has 0 amide bonds. The Morgan fingerprint density at radius 3 is 2.17 bits per heavy atom. The van der Waals surface area contributed by atoms with E-state index < -0.39 is 6.04 Å². The summed E-state index contributed by atoms with van der Waals surface area (Å²) in [7, 11) is 0. The second-order valence-corrected chi connectivity index (χ2v) is 7.71. The van der Waals surface area contributed by atoms with Crippen LogP contribution in [-0.4, -0.2) is 22.8 Å². The predicted octanol–water partition coefficient (Wildman–Crippen LogP) is 5.06. The van der Waals surface area contributed by atoms with E-state index in [0.29, 0.717) is 18.4 Å². The van der Waals surface area contributed by atoms with Crippen LogP contribution in [0.2, 0.25) is 0 Å². The molecule has 0 fully saturated rings. The van der Waals surface area contributed by atoms with Crippen LogP contribution in [0.1, 0.15) is 49.5 Å². The van der Waals surface area contributed by atoms with Gasteiger partial charge in [-0.25, -0.2) is 0 Å². The fourth-order valence-electron chi connectivity index (χ4n) is 3.34. The Balaban J connectivity index is 2.20. The number of nitrogens with zero attached hydrogens (tertiary/aromatic N) is 1. The Morgan fingerprint density at radius 1 is 1.03 bits per heavy atom. The molecule has 2 atom stereocenters. The molecule has 0 aromatic heterocycles. The van der Waals surface area contributed by atoms with Crippen LogP contribution in [-0.2, 0) is 6.42 Å². The van der Waals surface area contributed by atoms with Crippen molar-refractivity contribution in [2.24, 2.45) is 5.92 Å². The van der Waals surface area contributed by atoms with Crippen LogP contribution in [0.4, 0.5) is 0 Å². The largest absolute Gasteiger partial charge is 0.386 e. The van der Waals surface area contributed by atoms with Crippen molar-refractivity contribution in [3.63, 3.8) is 0 Å². The van der Waals surface area contributed by atoms with Gasteiger partial charge < -0.3 is 5.32 Å². The monoisotopic (exact) mass is 394 g/mol. The molecule has 0 saturated heterocycles. The number of carbonyl (C=O) groups is 1.